The third-order valence-corrected chi connectivity index (χ3v) is 3.52. The highest BCUT2D eigenvalue weighted by Gasteiger charge is 2.54. The van der Waals surface area contributed by atoms with Crippen LogP contribution in [-0.4, -0.2) is 37.4 Å². The molecule has 1 N–H and O–H groups in total. The van der Waals surface area contributed by atoms with E-state index in [2.05, 4.69) is 4.74 Å². The van der Waals surface area contributed by atoms with Crippen LogP contribution in [0.3, 0.4) is 0 Å². The molecule has 1 rings (SSSR count). The highest BCUT2D eigenvalue weighted by atomic mass is 16.5. The average Bonchev–Trinajstić information content (AvgIpc) is 2.83. The van der Waals surface area contributed by atoms with Gasteiger partial charge in [-0.2, -0.15) is 0 Å². The maximum atomic E-state index is 11.9. The molecule has 1 fully saturated rings. The summed E-state index contributed by atoms with van der Waals surface area (Å²) >= 11 is 0. The number of rotatable bonds is 6. The number of carbonyl (C=O) groups is 2. The summed E-state index contributed by atoms with van der Waals surface area (Å²) in [6, 6.07) is 0. The van der Waals surface area contributed by atoms with Gasteiger partial charge in [0.05, 0.1) is 13.7 Å². The highest BCUT2D eigenvalue weighted by Crippen LogP contribution is 2.41. The van der Waals surface area contributed by atoms with Crippen LogP contribution in [0.2, 0.25) is 0 Å². The summed E-state index contributed by atoms with van der Waals surface area (Å²) in [6.45, 7) is 2.06. The van der Waals surface area contributed by atoms with E-state index in [1.165, 1.54) is 7.11 Å². The highest BCUT2D eigenvalue weighted by molar-refractivity contribution is 5.99. The normalized spacial score (nSPS) is 19.9. The molecule has 0 saturated heterocycles. The Balaban J connectivity index is 3.00. The van der Waals surface area contributed by atoms with Crippen molar-refractivity contribution in [2.45, 2.75) is 32.6 Å². The van der Waals surface area contributed by atoms with Crippen LogP contribution in [0, 0.1) is 11.3 Å². The van der Waals surface area contributed by atoms with Crippen LogP contribution < -0.4 is 0 Å². The number of methoxy groups -OCH3 is 1. The molecule has 1 aliphatic carbocycles. The van der Waals surface area contributed by atoms with Crippen molar-refractivity contribution in [1.82, 2.24) is 0 Å². The Morgan fingerprint density at radius 2 is 1.94 bits per heavy atom. The van der Waals surface area contributed by atoms with Crippen LogP contribution in [-0.2, 0) is 19.1 Å². The molecule has 0 heterocycles. The number of aliphatic carboxylic acids is 1. The number of ether oxygens (including phenoxy) is 2. The van der Waals surface area contributed by atoms with E-state index in [0.29, 0.717) is 6.61 Å². The Morgan fingerprint density at radius 3 is 2.35 bits per heavy atom. The molecular formula is C12H20O5. The number of hydrogen-bond donors (Lipinski definition) is 1. The van der Waals surface area contributed by atoms with Gasteiger partial charge in [-0.15, -0.1) is 0 Å². The Bertz CT molecular complexity index is 283. The first-order valence-electron chi connectivity index (χ1n) is 5.99. The second-order valence-corrected chi connectivity index (χ2v) is 4.39. The molecule has 0 spiro atoms. The van der Waals surface area contributed by atoms with Crippen molar-refractivity contribution in [1.29, 1.82) is 0 Å². The van der Waals surface area contributed by atoms with Gasteiger partial charge in [-0.3, -0.25) is 9.59 Å². The zero-order valence-electron chi connectivity index (χ0n) is 10.4. The number of carbonyl (C=O) groups excluding carboxylic acids is 1. The SMILES string of the molecule is CCOCC(C(=O)O)(C(=O)OC)C1CCCC1. The van der Waals surface area contributed by atoms with Crippen molar-refractivity contribution in [2.75, 3.05) is 20.3 Å². The van der Waals surface area contributed by atoms with Crippen LogP contribution >= 0.6 is 0 Å². The molecule has 0 amide bonds. The van der Waals surface area contributed by atoms with Crippen LogP contribution in [0.25, 0.3) is 0 Å². The van der Waals surface area contributed by atoms with Crippen molar-refractivity contribution < 1.29 is 24.2 Å². The van der Waals surface area contributed by atoms with Gasteiger partial charge in [0.15, 0.2) is 5.41 Å². The summed E-state index contributed by atoms with van der Waals surface area (Å²) < 4.78 is 9.90. The number of carboxylic acid groups (broad SMARTS) is 1. The lowest BCUT2D eigenvalue weighted by molar-refractivity contribution is -0.177. The fourth-order valence-corrected chi connectivity index (χ4v) is 2.53. The van der Waals surface area contributed by atoms with E-state index in [1.54, 1.807) is 6.92 Å². The largest absolute Gasteiger partial charge is 0.480 e. The maximum Gasteiger partial charge on any atom is 0.325 e. The molecule has 1 saturated carbocycles. The van der Waals surface area contributed by atoms with Gasteiger partial charge >= 0.3 is 11.9 Å². The van der Waals surface area contributed by atoms with Gasteiger partial charge in [0.2, 0.25) is 0 Å². The minimum Gasteiger partial charge on any atom is -0.480 e. The van der Waals surface area contributed by atoms with Crippen molar-refractivity contribution in [2.24, 2.45) is 11.3 Å². The van der Waals surface area contributed by atoms with Crippen LogP contribution in [0.5, 0.6) is 0 Å². The Labute approximate surface area is 101 Å². The van der Waals surface area contributed by atoms with Crippen LogP contribution in [0.15, 0.2) is 0 Å². The van der Waals surface area contributed by atoms with E-state index in [4.69, 9.17) is 4.74 Å². The Morgan fingerprint density at radius 1 is 1.35 bits per heavy atom. The number of hydrogen-bond acceptors (Lipinski definition) is 4. The van der Waals surface area contributed by atoms with Gasteiger partial charge in [0.25, 0.3) is 0 Å². The first-order chi connectivity index (χ1) is 8.09. The van der Waals surface area contributed by atoms with Crippen molar-refractivity contribution >= 4 is 11.9 Å². The molecule has 17 heavy (non-hydrogen) atoms. The summed E-state index contributed by atoms with van der Waals surface area (Å²) in [4.78, 5) is 23.4. The minimum atomic E-state index is -1.53. The first-order valence-corrected chi connectivity index (χ1v) is 5.99. The van der Waals surface area contributed by atoms with E-state index in [0.717, 1.165) is 25.7 Å². The van der Waals surface area contributed by atoms with E-state index in [1.807, 2.05) is 0 Å². The summed E-state index contributed by atoms with van der Waals surface area (Å²) in [5, 5.41) is 9.43. The molecule has 0 aromatic heterocycles. The smallest absolute Gasteiger partial charge is 0.325 e. The van der Waals surface area contributed by atoms with Crippen molar-refractivity contribution in [3.05, 3.63) is 0 Å². The topological polar surface area (TPSA) is 72.8 Å². The van der Waals surface area contributed by atoms with Gasteiger partial charge < -0.3 is 14.6 Å². The minimum absolute atomic E-state index is 0.101. The number of esters is 1. The van der Waals surface area contributed by atoms with Crippen molar-refractivity contribution in [3.8, 4) is 0 Å². The van der Waals surface area contributed by atoms with E-state index in [-0.39, 0.29) is 12.5 Å². The molecule has 5 nitrogen and oxygen atoms in total. The van der Waals surface area contributed by atoms with Crippen LogP contribution in [0.1, 0.15) is 32.6 Å². The monoisotopic (exact) mass is 244 g/mol. The summed E-state index contributed by atoms with van der Waals surface area (Å²) in [5.41, 5.74) is -1.53. The fourth-order valence-electron chi connectivity index (χ4n) is 2.53. The Kier molecular flexibility index (Phi) is 4.93. The molecule has 5 heteroatoms. The standard InChI is InChI=1S/C12H20O5/c1-3-17-8-12(10(13)14,11(15)16-2)9-6-4-5-7-9/h9H,3-8H2,1-2H3,(H,13,14). The molecule has 1 atom stereocenters. The molecule has 0 aromatic carbocycles. The lowest BCUT2D eigenvalue weighted by Gasteiger charge is -2.31. The van der Waals surface area contributed by atoms with Gasteiger partial charge in [-0.25, -0.2) is 0 Å². The molecular weight excluding hydrogens is 224 g/mol. The van der Waals surface area contributed by atoms with Crippen molar-refractivity contribution in [3.63, 3.8) is 0 Å². The number of carboxylic acids is 1. The average molecular weight is 244 g/mol. The molecule has 1 aliphatic rings. The zero-order chi connectivity index (χ0) is 12.9. The summed E-state index contributed by atoms with van der Waals surface area (Å²) in [6.07, 6.45) is 3.41. The van der Waals surface area contributed by atoms with Gasteiger partial charge in [0.1, 0.15) is 0 Å². The third kappa shape index (κ3) is 2.60. The zero-order valence-corrected chi connectivity index (χ0v) is 10.4. The summed E-state index contributed by atoms with van der Waals surface area (Å²) in [5.74, 6) is -2.01. The third-order valence-electron chi connectivity index (χ3n) is 3.52. The lowest BCUT2D eigenvalue weighted by atomic mass is 9.74. The van der Waals surface area contributed by atoms with E-state index < -0.39 is 17.4 Å². The molecule has 0 bridgehead atoms. The molecule has 0 aliphatic heterocycles. The predicted molar refractivity (Wildman–Crippen MR) is 60.5 cm³/mol. The molecule has 0 radical (unpaired) electrons. The van der Waals surface area contributed by atoms with Gasteiger partial charge in [-0.05, 0) is 25.7 Å². The van der Waals surface area contributed by atoms with E-state index in [9.17, 15) is 14.7 Å². The molecule has 98 valence electrons. The lowest BCUT2D eigenvalue weighted by Crippen LogP contribution is -2.49. The molecule has 1 unspecified atom stereocenters. The molecule has 0 aromatic rings. The predicted octanol–water partition coefficient (Wildman–Crippen LogP) is 1.46. The quantitative estimate of drug-likeness (QED) is 0.565. The van der Waals surface area contributed by atoms with E-state index >= 15 is 0 Å². The maximum absolute atomic E-state index is 11.9. The Hall–Kier alpha value is -1.10. The summed E-state index contributed by atoms with van der Waals surface area (Å²) in [7, 11) is 1.22. The van der Waals surface area contributed by atoms with Gasteiger partial charge in [0, 0.05) is 6.61 Å². The fraction of sp³-hybridized carbons (Fsp3) is 0.833. The van der Waals surface area contributed by atoms with Crippen LogP contribution in [0.4, 0.5) is 0 Å². The first kappa shape index (κ1) is 14.0. The van der Waals surface area contributed by atoms with Gasteiger partial charge in [-0.1, -0.05) is 12.8 Å². The second kappa shape index (κ2) is 6.00. The second-order valence-electron chi connectivity index (χ2n) is 4.39.